The predicted octanol–water partition coefficient (Wildman–Crippen LogP) is 3.64. The molecule has 1 aliphatic rings. The minimum atomic E-state index is -3.76. The zero-order chi connectivity index (χ0) is 20.4. The number of fused-ring (bicyclic) bond motifs is 1. The first-order valence-electron chi connectivity index (χ1n) is 9.40. The van der Waals surface area contributed by atoms with Gasteiger partial charge in [0.1, 0.15) is 0 Å². The van der Waals surface area contributed by atoms with Crippen molar-refractivity contribution < 1.29 is 17.5 Å². The summed E-state index contributed by atoms with van der Waals surface area (Å²) in [7, 11) is -2.42. The van der Waals surface area contributed by atoms with E-state index in [2.05, 4.69) is 15.7 Å². The van der Waals surface area contributed by atoms with E-state index in [9.17, 15) is 12.8 Å². The minimum Gasteiger partial charge on any atom is -0.494 e. The number of hydrogen-bond donors (Lipinski definition) is 1. The molecule has 9 heteroatoms. The van der Waals surface area contributed by atoms with Crippen LogP contribution < -0.4 is 14.4 Å². The van der Waals surface area contributed by atoms with Crippen molar-refractivity contribution in [2.24, 2.45) is 5.92 Å². The summed E-state index contributed by atoms with van der Waals surface area (Å²) in [4.78, 5) is 6.86. The van der Waals surface area contributed by atoms with Crippen LogP contribution in [0, 0.1) is 11.7 Å². The lowest BCUT2D eigenvalue weighted by Crippen LogP contribution is -2.38. The van der Waals surface area contributed by atoms with Crippen molar-refractivity contribution in [2.45, 2.75) is 17.7 Å². The van der Waals surface area contributed by atoms with E-state index in [1.54, 1.807) is 11.3 Å². The van der Waals surface area contributed by atoms with Gasteiger partial charge in [0.15, 0.2) is 16.7 Å². The molecule has 0 atom stereocenters. The summed E-state index contributed by atoms with van der Waals surface area (Å²) in [5.41, 5.74) is 1.01. The largest absolute Gasteiger partial charge is 0.494 e. The number of aromatic nitrogens is 1. The number of methoxy groups -OCH3 is 1. The predicted molar refractivity (Wildman–Crippen MR) is 113 cm³/mol. The number of para-hydroxylation sites is 1. The van der Waals surface area contributed by atoms with Gasteiger partial charge in [-0.05, 0) is 49.1 Å². The van der Waals surface area contributed by atoms with Crippen molar-refractivity contribution in [3.8, 4) is 5.75 Å². The third kappa shape index (κ3) is 4.36. The first-order valence-corrected chi connectivity index (χ1v) is 11.7. The Labute approximate surface area is 173 Å². The number of nitrogens with one attached hydrogen (secondary N) is 1. The lowest BCUT2D eigenvalue weighted by Gasteiger charge is -2.31. The number of nitrogens with zero attached hydrogens (tertiary/aromatic N) is 2. The summed E-state index contributed by atoms with van der Waals surface area (Å²) in [6.45, 7) is 2.01. The zero-order valence-electron chi connectivity index (χ0n) is 16.0. The van der Waals surface area contributed by atoms with Gasteiger partial charge in [0, 0.05) is 19.6 Å². The molecule has 0 saturated carbocycles. The molecule has 0 radical (unpaired) electrons. The Morgan fingerprint density at radius 1 is 1.24 bits per heavy atom. The SMILES string of the molecule is COc1ccc(S(=O)(=O)NCC2CCN(c3nc4ccccc4s3)CC2)cc1F. The van der Waals surface area contributed by atoms with Crippen molar-refractivity contribution in [1.82, 2.24) is 9.71 Å². The van der Waals surface area contributed by atoms with Gasteiger partial charge in [-0.2, -0.15) is 0 Å². The van der Waals surface area contributed by atoms with E-state index in [1.165, 1.54) is 23.9 Å². The highest BCUT2D eigenvalue weighted by atomic mass is 32.2. The van der Waals surface area contributed by atoms with E-state index in [0.717, 1.165) is 42.6 Å². The zero-order valence-corrected chi connectivity index (χ0v) is 17.6. The second kappa shape index (κ2) is 8.25. The van der Waals surface area contributed by atoms with E-state index in [-0.39, 0.29) is 16.6 Å². The normalized spacial score (nSPS) is 15.7. The molecule has 154 valence electrons. The second-order valence-electron chi connectivity index (χ2n) is 7.04. The molecule has 6 nitrogen and oxygen atoms in total. The maximum atomic E-state index is 13.8. The molecular formula is C20H22FN3O3S2. The molecule has 1 N–H and O–H groups in total. The smallest absolute Gasteiger partial charge is 0.240 e. The van der Waals surface area contributed by atoms with Crippen molar-refractivity contribution in [2.75, 3.05) is 31.6 Å². The van der Waals surface area contributed by atoms with Crippen LogP contribution in [0.15, 0.2) is 47.4 Å². The third-order valence-corrected chi connectivity index (χ3v) is 7.68. The van der Waals surface area contributed by atoms with Crippen LogP contribution in [0.3, 0.4) is 0 Å². The molecule has 1 aliphatic heterocycles. The maximum absolute atomic E-state index is 13.8. The highest BCUT2D eigenvalue weighted by Crippen LogP contribution is 2.31. The standard InChI is InChI=1S/C20H22FN3O3S2/c1-27-18-7-6-15(12-16(18)21)29(25,26)22-13-14-8-10-24(11-9-14)20-23-17-4-2-3-5-19(17)28-20/h2-7,12,14,22H,8-11,13H2,1H3. The number of rotatable bonds is 6. The summed E-state index contributed by atoms with van der Waals surface area (Å²) in [5.74, 6) is -0.441. The maximum Gasteiger partial charge on any atom is 0.240 e. The number of thiazole rings is 1. The number of hydrogen-bond acceptors (Lipinski definition) is 6. The summed E-state index contributed by atoms with van der Waals surface area (Å²) in [6.07, 6.45) is 1.74. The lowest BCUT2D eigenvalue weighted by atomic mass is 9.97. The van der Waals surface area contributed by atoms with E-state index < -0.39 is 15.8 Å². The van der Waals surface area contributed by atoms with Gasteiger partial charge in [-0.15, -0.1) is 0 Å². The Hall–Kier alpha value is -2.23. The fourth-order valence-corrected chi connectivity index (χ4v) is 5.59. The van der Waals surface area contributed by atoms with Crippen LogP contribution >= 0.6 is 11.3 Å². The molecule has 29 heavy (non-hydrogen) atoms. The minimum absolute atomic E-state index is 0.0196. The van der Waals surface area contributed by atoms with Gasteiger partial charge in [0.2, 0.25) is 10.0 Å². The number of piperidine rings is 1. The summed E-state index contributed by atoms with van der Waals surface area (Å²) in [6, 6.07) is 11.7. The summed E-state index contributed by atoms with van der Waals surface area (Å²) >= 11 is 1.68. The van der Waals surface area contributed by atoms with Crippen molar-refractivity contribution in [3.05, 3.63) is 48.3 Å². The first-order chi connectivity index (χ1) is 14.0. The van der Waals surface area contributed by atoms with Gasteiger partial charge in [-0.3, -0.25) is 0 Å². The van der Waals surface area contributed by atoms with Gasteiger partial charge in [-0.1, -0.05) is 23.5 Å². The van der Waals surface area contributed by atoms with Crippen LogP contribution in [-0.2, 0) is 10.0 Å². The topological polar surface area (TPSA) is 71.5 Å². The average molecular weight is 436 g/mol. The van der Waals surface area contributed by atoms with Gasteiger partial charge in [-0.25, -0.2) is 22.5 Å². The number of benzene rings is 2. The molecule has 0 unspecified atom stereocenters. The Balaban J connectivity index is 1.34. The monoisotopic (exact) mass is 435 g/mol. The second-order valence-corrected chi connectivity index (χ2v) is 9.82. The quantitative estimate of drug-likeness (QED) is 0.640. The summed E-state index contributed by atoms with van der Waals surface area (Å²) in [5, 5.41) is 1.01. The average Bonchev–Trinajstić information content (AvgIpc) is 3.17. The van der Waals surface area contributed by atoms with Crippen LogP contribution in [0.1, 0.15) is 12.8 Å². The number of sulfonamides is 1. The molecule has 2 heterocycles. The van der Waals surface area contributed by atoms with Gasteiger partial charge in [0.05, 0.1) is 22.2 Å². The first kappa shape index (κ1) is 20.1. The van der Waals surface area contributed by atoms with E-state index in [1.807, 2.05) is 18.2 Å². The van der Waals surface area contributed by atoms with Crippen LogP contribution in [-0.4, -0.2) is 40.1 Å². The summed E-state index contributed by atoms with van der Waals surface area (Å²) < 4.78 is 47.4. The van der Waals surface area contributed by atoms with Crippen molar-refractivity contribution in [3.63, 3.8) is 0 Å². The lowest BCUT2D eigenvalue weighted by molar-refractivity contribution is 0.385. The molecular weight excluding hydrogens is 413 g/mol. The number of ether oxygens (including phenoxy) is 1. The van der Waals surface area contributed by atoms with Crippen LogP contribution in [0.5, 0.6) is 5.75 Å². The van der Waals surface area contributed by atoms with Crippen LogP contribution in [0.25, 0.3) is 10.2 Å². The highest BCUT2D eigenvalue weighted by molar-refractivity contribution is 7.89. The van der Waals surface area contributed by atoms with Crippen molar-refractivity contribution >= 4 is 36.7 Å². The molecule has 1 fully saturated rings. The molecule has 0 aliphatic carbocycles. The molecule has 0 spiro atoms. The van der Waals surface area contributed by atoms with Gasteiger partial charge < -0.3 is 9.64 Å². The number of anilines is 1. The Morgan fingerprint density at radius 2 is 2.00 bits per heavy atom. The molecule has 1 saturated heterocycles. The molecule has 1 aromatic heterocycles. The van der Waals surface area contributed by atoms with E-state index in [0.29, 0.717) is 6.54 Å². The highest BCUT2D eigenvalue weighted by Gasteiger charge is 2.24. The Morgan fingerprint density at radius 3 is 2.69 bits per heavy atom. The third-order valence-electron chi connectivity index (χ3n) is 5.16. The van der Waals surface area contributed by atoms with Gasteiger partial charge in [0.25, 0.3) is 0 Å². The molecule has 3 aromatic rings. The molecule has 0 amide bonds. The Kier molecular flexibility index (Phi) is 5.71. The van der Waals surface area contributed by atoms with Gasteiger partial charge >= 0.3 is 0 Å². The van der Waals surface area contributed by atoms with Crippen LogP contribution in [0.4, 0.5) is 9.52 Å². The van der Waals surface area contributed by atoms with E-state index >= 15 is 0 Å². The molecule has 4 rings (SSSR count). The number of halogens is 1. The van der Waals surface area contributed by atoms with Crippen LogP contribution in [0.2, 0.25) is 0 Å². The fourth-order valence-electron chi connectivity index (χ4n) is 3.45. The molecule has 2 aromatic carbocycles. The Bertz CT molecular complexity index is 1080. The van der Waals surface area contributed by atoms with E-state index in [4.69, 9.17) is 9.72 Å². The van der Waals surface area contributed by atoms with Crippen molar-refractivity contribution in [1.29, 1.82) is 0 Å². The fraction of sp³-hybridized carbons (Fsp3) is 0.350. The molecule has 0 bridgehead atoms.